The van der Waals surface area contributed by atoms with Crippen LogP contribution in [0.15, 0.2) is 0 Å². The van der Waals surface area contributed by atoms with E-state index in [0.29, 0.717) is 0 Å². The summed E-state index contributed by atoms with van der Waals surface area (Å²) in [4.78, 5) is 0. The fourth-order valence-corrected chi connectivity index (χ4v) is 0. The van der Waals surface area contributed by atoms with Gasteiger partial charge in [0.1, 0.15) is 0 Å². The summed E-state index contributed by atoms with van der Waals surface area (Å²) in [7, 11) is 14.7. The minimum absolute atomic E-state index is 0. The monoisotopic (exact) mass is 215 g/mol. The molecule has 0 bridgehead atoms. The Kier molecular flexibility index (Phi) is 53.7. The normalized spacial score (nSPS) is 6.43. The van der Waals surface area contributed by atoms with Gasteiger partial charge in [0.15, 0.2) is 0 Å². The van der Waals surface area contributed by atoms with Gasteiger partial charge >= 0.3 is 41.5 Å². The fourth-order valence-electron chi connectivity index (χ4n) is 0. The second-order valence-electron chi connectivity index (χ2n) is 0.152. The van der Waals surface area contributed by atoms with E-state index in [-0.39, 0.29) is 16.4 Å². The van der Waals surface area contributed by atoms with Crippen LogP contribution in [0.4, 0.5) is 0 Å². The maximum atomic E-state index is 4.89. The van der Waals surface area contributed by atoms with Crippen molar-refractivity contribution in [3.63, 3.8) is 0 Å². The van der Waals surface area contributed by atoms with Crippen molar-refractivity contribution in [2.45, 2.75) is 0 Å². The molecule has 0 saturated heterocycles. The molecule has 7 heavy (non-hydrogen) atoms. The van der Waals surface area contributed by atoms with E-state index in [9.17, 15) is 0 Å². The van der Waals surface area contributed by atoms with Gasteiger partial charge in [0.2, 0.25) is 0 Å². The standard InChI is InChI=1S/3ClH.Fe.3H2O/h3*1H;;3*1H2/q;;;+3;;;/p-3. The zero-order chi connectivity index (χ0) is 3.58. The Balaban J connectivity index is -0.0000000150. The number of hydrogen-bond donors (Lipinski definition) is 0. The van der Waals surface area contributed by atoms with Crippen LogP contribution in [0.2, 0.25) is 0 Å². The van der Waals surface area contributed by atoms with Gasteiger partial charge in [-0.1, -0.05) is 0 Å². The second-order valence-corrected chi connectivity index (χ2v) is 5.62. The van der Waals surface area contributed by atoms with Crippen LogP contribution >= 0.6 is 30.3 Å². The molecule has 0 radical (unpaired) electrons. The first-order chi connectivity index (χ1) is 1.73. The topological polar surface area (TPSA) is 94.5 Å². The summed E-state index contributed by atoms with van der Waals surface area (Å²) in [5.41, 5.74) is 0. The summed E-state index contributed by atoms with van der Waals surface area (Å²) >= 11 is -1.33. The Hall–Kier alpha value is 1.27. The molecule has 0 unspecified atom stereocenters. The molecular formula is H6Cl3FeO3. The SMILES string of the molecule is O.O.O.[Cl][Fe]([Cl])[Cl]. The molecule has 0 atom stereocenters. The van der Waals surface area contributed by atoms with Crippen molar-refractivity contribution in [3.8, 4) is 0 Å². The molecule has 0 aliphatic rings. The van der Waals surface area contributed by atoms with Crippen LogP contribution in [0.5, 0.6) is 0 Å². The second kappa shape index (κ2) is 15.7. The Morgan fingerprint density at radius 2 is 0.714 bits per heavy atom. The summed E-state index contributed by atoms with van der Waals surface area (Å²) in [6.07, 6.45) is 0. The average molecular weight is 216 g/mol. The van der Waals surface area contributed by atoms with E-state index in [1.54, 1.807) is 0 Å². The summed E-state index contributed by atoms with van der Waals surface area (Å²) < 4.78 is 0. The minimum atomic E-state index is -1.33. The fraction of sp³-hybridized carbons (Fsp3) is 0. The first-order valence-electron chi connectivity index (χ1n) is 0.401. The van der Waals surface area contributed by atoms with Crippen LogP contribution in [-0.4, -0.2) is 16.4 Å². The third-order valence-corrected chi connectivity index (χ3v) is 0. The van der Waals surface area contributed by atoms with Crippen LogP contribution in [0.1, 0.15) is 0 Å². The number of halogens is 3. The molecule has 0 aromatic carbocycles. The molecule has 0 rings (SSSR count). The number of rotatable bonds is 0. The van der Waals surface area contributed by atoms with Crippen molar-refractivity contribution in [1.82, 2.24) is 0 Å². The van der Waals surface area contributed by atoms with E-state index < -0.39 is 11.2 Å². The maximum absolute atomic E-state index is 4.89. The zero-order valence-electron chi connectivity index (χ0n) is 2.99. The summed E-state index contributed by atoms with van der Waals surface area (Å²) in [6.45, 7) is 0. The van der Waals surface area contributed by atoms with Crippen LogP contribution in [-0.2, 0) is 11.2 Å². The zero-order valence-corrected chi connectivity index (χ0v) is 6.36. The first-order valence-corrected chi connectivity index (χ1v) is 4.96. The van der Waals surface area contributed by atoms with Gasteiger partial charge in [0.25, 0.3) is 0 Å². The molecular weight excluding hydrogens is 210 g/mol. The molecule has 6 N–H and O–H groups in total. The van der Waals surface area contributed by atoms with Crippen molar-refractivity contribution in [1.29, 1.82) is 0 Å². The molecule has 0 aromatic heterocycles. The average Bonchev–Trinajstić information content (AvgIpc) is 0.811. The predicted octanol–water partition coefficient (Wildman–Crippen LogP) is -0.408. The van der Waals surface area contributed by atoms with Gasteiger partial charge in [-0.15, -0.1) is 0 Å². The van der Waals surface area contributed by atoms with Crippen LogP contribution in [0.25, 0.3) is 0 Å². The third-order valence-electron chi connectivity index (χ3n) is 0. The Morgan fingerprint density at radius 1 is 0.714 bits per heavy atom. The molecule has 7 heteroatoms. The van der Waals surface area contributed by atoms with E-state index in [2.05, 4.69) is 0 Å². The van der Waals surface area contributed by atoms with Crippen molar-refractivity contribution < 1.29 is 27.6 Å². The third kappa shape index (κ3) is 125. The van der Waals surface area contributed by atoms with Crippen LogP contribution < -0.4 is 0 Å². The molecule has 3 nitrogen and oxygen atoms in total. The van der Waals surface area contributed by atoms with Crippen molar-refractivity contribution in [2.24, 2.45) is 0 Å². The molecule has 0 aliphatic carbocycles. The number of hydrogen-bond acceptors (Lipinski definition) is 0. The van der Waals surface area contributed by atoms with E-state index >= 15 is 0 Å². The van der Waals surface area contributed by atoms with Crippen molar-refractivity contribution in [3.05, 3.63) is 0 Å². The molecule has 0 saturated carbocycles. The van der Waals surface area contributed by atoms with E-state index in [4.69, 9.17) is 30.3 Å². The first kappa shape index (κ1) is 24.0. The molecule has 0 spiro atoms. The van der Waals surface area contributed by atoms with Gasteiger partial charge in [-0.3, -0.25) is 0 Å². The van der Waals surface area contributed by atoms with Gasteiger partial charge in [-0.05, 0) is 0 Å². The molecule has 53 valence electrons. The van der Waals surface area contributed by atoms with Crippen molar-refractivity contribution >= 4 is 30.3 Å². The quantitative estimate of drug-likeness (QED) is 0.492. The summed E-state index contributed by atoms with van der Waals surface area (Å²) in [5, 5.41) is 0. The molecule has 0 aromatic rings. The molecule has 0 heterocycles. The van der Waals surface area contributed by atoms with Gasteiger partial charge < -0.3 is 16.4 Å². The van der Waals surface area contributed by atoms with Crippen LogP contribution in [0.3, 0.4) is 0 Å². The Labute approximate surface area is 58.0 Å². The Bertz CT molecular complexity index is 14.9. The van der Waals surface area contributed by atoms with Gasteiger partial charge in [-0.25, -0.2) is 0 Å². The van der Waals surface area contributed by atoms with Gasteiger partial charge in [0, 0.05) is 0 Å². The Morgan fingerprint density at radius 3 is 0.714 bits per heavy atom. The molecule has 0 fully saturated rings. The van der Waals surface area contributed by atoms with Crippen LogP contribution in [0, 0.1) is 0 Å². The summed E-state index contributed by atoms with van der Waals surface area (Å²) in [5.74, 6) is 0. The van der Waals surface area contributed by atoms with Gasteiger partial charge in [0.05, 0.1) is 0 Å². The van der Waals surface area contributed by atoms with Gasteiger partial charge in [-0.2, -0.15) is 0 Å². The summed E-state index contributed by atoms with van der Waals surface area (Å²) in [6, 6.07) is 0. The molecule has 0 amide bonds. The van der Waals surface area contributed by atoms with E-state index in [1.165, 1.54) is 0 Å². The predicted molar refractivity (Wildman–Crippen MR) is 28.4 cm³/mol. The van der Waals surface area contributed by atoms with E-state index in [1.807, 2.05) is 0 Å². The van der Waals surface area contributed by atoms with Crippen molar-refractivity contribution in [2.75, 3.05) is 0 Å². The molecule has 0 aliphatic heterocycles. The van der Waals surface area contributed by atoms with E-state index in [0.717, 1.165) is 0 Å².